The van der Waals surface area contributed by atoms with E-state index < -0.39 is 0 Å². The van der Waals surface area contributed by atoms with Crippen molar-refractivity contribution in [1.82, 2.24) is 15.3 Å². The Balaban J connectivity index is 1.63. The molecule has 2 aromatic rings. The van der Waals surface area contributed by atoms with Gasteiger partial charge in [-0.1, -0.05) is 13.3 Å². The summed E-state index contributed by atoms with van der Waals surface area (Å²) >= 11 is 0. The highest BCUT2D eigenvalue weighted by Crippen LogP contribution is 2.33. The van der Waals surface area contributed by atoms with Crippen LogP contribution in [0.15, 0.2) is 30.6 Å². The average molecular weight is 328 g/mol. The number of ether oxygens (including phenoxy) is 2. The molecule has 0 radical (unpaired) electrons. The molecule has 1 aromatic heterocycles. The largest absolute Gasteiger partial charge is 0.486 e. The molecular formula is C17H20N4O3. The number of fused-ring (bicyclic) bond motifs is 1. The van der Waals surface area contributed by atoms with Crippen LogP contribution in [0.25, 0.3) is 0 Å². The molecule has 7 heteroatoms. The van der Waals surface area contributed by atoms with E-state index in [1.165, 1.54) is 12.4 Å². The fraction of sp³-hybridized carbons (Fsp3) is 0.353. The van der Waals surface area contributed by atoms with Crippen LogP contribution >= 0.6 is 0 Å². The molecule has 0 unspecified atom stereocenters. The maximum absolute atomic E-state index is 11.9. The fourth-order valence-corrected chi connectivity index (χ4v) is 2.25. The van der Waals surface area contributed by atoms with Crippen LogP contribution in [0.3, 0.4) is 0 Å². The quantitative estimate of drug-likeness (QED) is 0.793. The Morgan fingerprint density at radius 3 is 2.75 bits per heavy atom. The number of carbonyl (C=O) groups is 1. The van der Waals surface area contributed by atoms with Crippen molar-refractivity contribution >= 4 is 17.4 Å². The van der Waals surface area contributed by atoms with Gasteiger partial charge in [-0.2, -0.15) is 0 Å². The summed E-state index contributed by atoms with van der Waals surface area (Å²) in [6.45, 7) is 3.82. The number of benzene rings is 1. The normalized spacial score (nSPS) is 12.5. The Morgan fingerprint density at radius 1 is 1.17 bits per heavy atom. The van der Waals surface area contributed by atoms with Crippen molar-refractivity contribution in [2.75, 3.05) is 25.1 Å². The van der Waals surface area contributed by atoms with Gasteiger partial charge in [0.15, 0.2) is 11.5 Å². The van der Waals surface area contributed by atoms with E-state index in [-0.39, 0.29) is 5.91 Å². The lowest BCUT2D eigenvalue weighted by Gasteiger charge is -2.19. The zero-order chi connectivity index (χ0) is 16.8. The molecule has 0 saturated carbocycles. The summed E-state index contributed by atoms with van der Waals surface area (Å²) in [5.74, 6) is 1.78. The minimum Gasteiger partial charge on any atom is -0.486 e. The van der Waals surface area contributed by atoms with Crippen molar-refractivity contribution in [3.8, 4) is 11.5 Å². The van der Waals surface area contributed by atoms with E-state index in [2.05, 4.69) is 27.5 Å². The molecule has 3 rings (SSSR count). The first-order valence-electron chi connectivity index (χ1n) is 8.03. The number of unbranched alkanes of at least 4 members (excludes halogenated alkanes) is 1. The number of carbonyl (C=O) groups excluding carboxylic acids is 1. The van der Waals surface area contributed by atoms with Crippen LogP contribution in [0.4, 0.5) is 11.5 Å². The summed E-state index contributed by atoms with van der Waals surface area (Å²) < 4.78 is 11.0. The van der Waals surface area contributed by atoms with Crippen LogP contribution in [-0.2, 0) is 0 Å². The van der Waals surface area contributed by atoms with Crippen LogP contribution in [0.5, 0.6) is 11.5 Å². The second-order valence-corrected chi connectivity index (χ2v) is 5.38. The van der Waals surface area contributed by atoms with Gasteiger partial charge in [0.05, 0.1) is 12.4 Å². The lowest BCUT2D eigenvalue weighted by atomic mass is 10.2. The molecular weight excluding hydrogens is 308 g/mol. The molecule has 2 heterocycles. The number of nitrogens with zero attached hydrogens (tertiary/aromatic N) is 2. The molecule has 1 aliphatic heterocycles. The molecule has 2 N–H and O–H groups in total. The highest BCUT2D eigenvalue weighted by atomic mass is 16.6. The molecule has 126 valence electrons. The van der Waals surface area contributed by atoms with Crippen LogP contribution < -0.4 is 20.1 Å². The second-order valence-electron chi connectivity index (χ2n) is 5.38. The SMILES string of the molecule is CCCCNC(=O)c1cnc(Nc2ccc3c(c2)OCCO3)cn1. The third-order valence-electron chi connectivity index (χ3n) is 3.51. The highest BCUT2D eigenvalue weighted by molar-refractivity contribution is 5.92. The Hall–Kier alpha value is -2.83. The summed E-state index contributed by atoms with van der Waals surface area (Å²) in [5.41, 5.74) is 1.12. The van der Waals surface area contributed by atoms with Gasteiger partial charge in [0.1, 0.15) is 24.7 Å². The molecule has 0 fully saturated rings. The Bertz CT molecular complexity index is 703. The summed E-state index contributed by atoms with van der Waals surface area (Å²) in [6, 6.07) is 5.57. The van der Waals surface area contributed by atoms with Gasteiger partial charge in [0, 0.05) is 18.3 Å². The topological polar surface area (TPSA) is 85.4 Å². The third-order valence-corrected chi connectivity index (χ3v) is 3.51. The smallest absolute Gasteiger partial charge is 0.271 e. The first kappa shape index (κ1) is 16.0. The summed E-state index contributed by atoms with van der Waals surface area (Å²) in [6.07, 6.45) is 4.97. The number of hydrogen-bond donors (Lipinski definition) is 2. The number of anilines is 2. The monoisotopic (exact) mass is 328 g/mol. The molecule has 1 aliphatic rings. The lowest BCUT2D eigenvalue weighted by Crippen LogP contribution is -2.25. The molecule has 0 saturated heterocycles. The van der Waals surface area contributed by atoms with Crippen LogP contribution in [0.1, 0.15) is 30.3 Å². The van der Waals surface area contributed by atoms with Crippen molar-refractivity contribution in [3.63, 3.8) is 0 Å². The van der Waals surface area contributed by atoms with E-state index >= 15 is 0 Å². The van der Waals surface area contributed by atoms with Gasteiger partial charge in [-0.05, 0) is 18.6 Å². The Kier molecular flexibility index (Phi) is 5.10. The third kappa shape index (κ3) is 3.92. The van der Waals surface area contributed by atoms with Gasteiger partial charge >= 0.3 is 0 Å². The van der Waals surface area contributed by atoms with Crippen LogP contribution in [0, 0.1) is 0 Å². The first-order valence-corrected chi connectivity index (χ1v) is 8.03. The van der Waals surface area contributed by atoms with Gasteiger partial charge in [-0.3, -0.25) is 4.79 Å². The second kappa shape index (κ2) is 7.63. The van der Waals surface area contributed by atoms with Gasteiger partial charge in [-0.15, -0.1) is 0 Å². The molecule has 0 spiro atoms. The molecule has 0 aliphatic carbocycles. The van der Waals surface area contributed by atoms with Crippen LogP contribution in [0.2, 0.25) is 0 Å². The molecule has 1 amide bonds. The van der Waals surface area contributed by atoms with Gasteiger partial charge in [0.2, 0.25) is 0 Å². The van der Waals surface area contributed by atoms with Crippen molar-refractivity contribution in [1.29, 1.82) is 0 Å². The van der Waals surface area contributed by atoms with E-state index in [4.69, 9.17) is 9.47 Å². The number of amides is 1. The number of nitrogens with one attached hydrogen (secondary N) is 2. The predicted octanol–water partition coefficient (Wildman–Crippen LogP) is 2.52. The molecule has 7 nitrogen and oxygen atoms in total. The van der Waals surface area contributed by atoms with Gasteiger partial charge < -0.3 is 20.1 Å². The molecule has 0 atom stereocenters. The Labute approximate surface area is 140 Å². The summed E-state index contributed by atoms with van der Waals surface area (Å²) in [4.78, 5) is 20.3. The van der Waals surface area contributed by atoms with Gasteiger partial charge in [-0.25, -0.2) is 9.97 Å². The fourth-order valence-electron chi connectivity index (χ4n) is 2.25. The van der Waals surface area contributed by atoms with Gasteiger partial charge in [0.25, 0.3) is 5.91 Å². The minimum atomic E-state index is -0.207. The van der Waals surface area contributed by atoms with Crippen molar-refractivity contribution in [2.24, 2.45) is 0 Å². The summed E-state index contributed by atoms with van der Waals surface area (Å²) in [5, 5.41) is 5.94. The number of rotatable bonds is 6. The Morgan fingerprint density at radius 2 is 2.00 bits per heavy atom. The molecule has 24 heavy (non-hydrogen) atoms. The summed E-state index contributed by atoms with van der Waals surface area (Å²) in [7, 11) is 0. The van der Waals surface area contributed by atoms with E-state index in [1.54, 1.807) is 0 Å². The molecule has 1 aromatic carbocycles. The molecule has 0 bridgehead atoms. The zero-order valence-corrected chi connectivity index (χ0v) is 13.5. The maximum Gasteiger partial charge on any atom is 0.271 e. The zero-order valence-electron chi connectivity index (χ0n) is 13.5. The van der Waals surface area contributed by atoms with Crippen LogP contribution in [-0.4, -0.2) is 35.6 Å². The highest BCUT2D eigenvalue weighted by Gasteiger charge is 2.12. The minimum absolute atomic E-state index is 0.207. The lowest BCUT2D eigenvalue weighted by molar-refractivity contribution is 0.0948. The van der Waals surface area contributed by atoms with Crippen molar-refractivity contribution < 1.29 is 14.3 Å². The van der Waals surface area contributed by atoms with E-state index in [9.17, 15) is 4.79 Å². The predicted molar refractivity (Wildman–Crippen MR) is 90.0 cm³/mol. The number of aromatic nitrogens is 2. The standard InChI is InChI=1S/C17H20N4O3/c1-2-3-6-18-17(22)13-10-20-16(11-19-13)21-12-4-5-14-15(9-12)24-8-7-23-14/h4-5,9-11H,2-3,6-8H2,1H3,(H,18,22)(H,20,21). The maximum atomic E-state index is 11.9. The van der Waals surface area contributed by atoms with Crippen molar-refractivity contribution in [3.05, 3.63) is 36.3 Å². The van der Waals surface area contributed by atoms with Crippen molar-refractivity contribution in [2.45, 2.75) is 19.8 Å². The average Bonchev–Trinajstić information content (AvgIpc) is 2.62. The van der Waals surface area contributed by atoms with E-state index in [0.717, 1.165) is 24.3 Å². The van der Waals surface area contributed by atoms with E-state index in [0.29, 0.717) is 37.0 Å². The van der Waals surface area contributed by atoms with E-state index in [1.807, 2.05) is 18.2 Å². The first-order chi connectivity index (χ1) is 11.8. The number of hydrogen-bond acceptors (Lipinski definition) is 6.